The van der Waals surface area contributed by atoms with E-state index in [0.717, 1.165) is 24.2 Å². The molecule has 2 heterocycles. The maximum atomic E-state index is 12.2. The minimum absolute atomic E-state index is 0.0513. The Morgan fingerprint density at radius 3 is 2.86 bits per heavy atom. The van der Waals surface area contributed by atoms with Crippen molar-refractivity contribution in [3.8, 4) is 0 Å². The van der Waals surface area contributed by atoms with Gasteiger partial charge in [0.15, 0.2) is 0 Å². The van der Waals surface area contributed by atoms with E-state index >= 15 is 0 Å². The van der Waals surface area contributed by atoms with Crippen molar-refractivity contribution in [3.63, 3.8) is 0 Å². The Labute approximate surface area is 124 Å². The summed E-state index contributed by atoms with van der Waals surface area (Å²) in [6, 6.07) is 5.75. The van der Waals surface area contributed by atoms with Gasteiger partial charge in [0.05, 0.1) is 5.69 Å². The number of rotatable bonds is 6. The molecule has 0 fully saturated rings. The molecule has 0 atom stereocenters. The fourth-order valence-corrected chi connectivity index (χ4v) is 2.39. The number of hydrogen-bond acceptors (Lipinski definition) is 4. The highest BCUT2D eigenvalue weighted by Gasteiger charge is 2.12. The summed E-state index contributed by atoms with van der Waals surface area (Å²) in [7, 11) is 0. The number of nitrogens with zero attached hydrogens (tertiary/aromatic N) is 3. The number of pyridine rings is 1. The minimum Gasteiger partial charge on any atom is -0.396 e. The maximum absolute atomic E-state index is 12.2. The normalized spacial score (nSPS) is 11.7. The molecule has 0 radical (unpaired) electrons. The fourth-order valence-electron chi connectivity index (χ4n) is 2.39. The van der Waals surface area contributed by atoms with Crippen molar-refractivity contribution >= 4 is 5.65 Å². The average molecular weight is 289 g/mol. The first-order valence-electron chi connectivity index (χ1n) is 7.35. The highest BCUT2D eigenvalue weighted by molar-refractivity contribution is 5.46. The molecule has 0 aromatic carbocycles. The summed E-state index contributed by atoms with van der Waals surface area (Å²) in [6.07, 6.45) is 2.47. The summed E-state index contributed by atoms with van der Waals surface area (Å²) in [5, 5.41) is 8.99. The van der Waals surface area contributed by atoms with Crippen molar-refractivity contribution in [3.05, 3.63) is 46.0 Å². The number of aryl methyl sites for hydroxylation is 1. The van der Waals surface area contributed by atoms with Crippen LogP contribution >= 0.6 is 0 Å². The zero-order valence-corrected chi connectivity index (χ0v) is 12.9. The quantitative estimate of drug-likeness (QED) is 0.877. The topological polar surface area (TPSA) is 57.8 Å². The molecule has 21 heavy (non-hydrogen) atoms. The molecule has 0 bridgehead atoms. The molecule has 114 valence electrons. The summed E-state index contributed by atoms with van der Waals surface area (Å²) in [6.45, 7) is 7.77. The summed E-state index contributed by atoms with van der Waals surface area (Å²) in [5.74, 6) is 0. The zero-order valence-electron chi connectivity index (χ0n) is 12.9. The van der Waals surface area contributed by atoms with Crippen molar-refractivity contribution in [2.45, 2.75) is 39.8 Å². The number of hydrogen-bond donors (Lipinski definition) is 1. The lowest BCUT2D eigenvalue weighted by molar-refractivity contribution is 0.183. The molecule has 2 aromatic rings. The van der Waals surface area contributed by atoms with Gasteiger partial charge in [-0.05, 0) is 38.8 Å². The van der Waals surface area contributed by atoms with Gasteiger partial charge in [-0.2, -0.15) is 0 Å². The van der Waals surface area contributed by atoms with E-state index in [1.165, 1.54) is 0 Å². The lowest BCUT2D eigenvalue weighted by atomic mass is 10.2. The molecule has 0 unspecified atom stereocenters. The van der Waals surface area contributed by atoms with E-state index in [9.17, 15) is 4.79 Å². The molecule has 0 aliphatic heterocycles. The van der Waals surface area contributed by atoms with Gasteiger partial charge in [-0.1, -0.05) is 6.07 Å². The molecule has 2 aromatic heterocycles. The van der Waals surface area contributed by atoms with Crippen LogP contribution in [-0.2, 0) is 6.54 Å². The van der Waals surface area contributed by atoms with E-state index in [1.807, 2.05) is 19.1 Å². The second kappa shape index (κ2) is 6.83. The predicted molar refractivity (Wildman–Crippen MR) is 83.4 cm³/mol. The monoisotopic (exact) mass is 289 g/mol. The van der Waals surface area contributed by atoms with Crippen LogP contribution in [0.5, 0.6) is 0 Å². The molecule has 5 nitrogen and oxygen atoms in total. The predicted octanol–water partition coefficient (Wildman–Crippen LogP) is 1.60. The summed E-state index contributed by atoms with van der Waals surface area (Å²) < 4.78 is 1.58. The SMILES string of the molecule is Cc1cccn2c(=O)cc(CN(CCCO)C(C)C)nc12. The number of aliphatic hydroxyl groups excluding tert-OH is 1. The lowest BCUT2D eigenvalue weighted by Gasteiger charge is -2.25. The molecule has 0 spiro atoms. The van der Waals surface area contributed by atoms with Gasteiger partial charge in [0.1, 0.15) is 5.65 Å². The molecular weight excluding hydrogens is 266 g/mol. The Balaban J connectivity index is 2.33. The van der Waals surface area contributed by atoms with Crippen molar-refractivity contribution < 1.29 is 5.11 Å². The molecule has 0 amide bonds. The Morgan fingerprint density at radius 2 is 2.19 bits per heavy atom. The van der Waals surface area contributed by atoms with Gasteiger partial charge in [0, 0.05) is 38.0 Å². The van der Waals surface area contributed by atoms with Crippen LogP contribution in [0.3, 0.4) is 0 Å². The van der Waals surface area contributed by atoms with Crippen LogP contribution in [0.2, 0.25) is 0 Å². The van der Waals surface area contributed by atoms with Crippen LogP contribution in [0.1, 0.15) is 31.5 Å². The number of fused-ring (bicyclic) bond motifs is 1. The van der Waals surface area contributed by atoms with E-state index in [2.05, 4.69) is 23.7 Å². The molecule has 5 heteroatoms. The van der Waals surface area contributed by atoms with E-state index in [-0.39, 0.29) is 12.2 Å². The fraction of sp³-hybridized carbons (Fsp3) is 0.500. The summed E-state index contributed by atoms with van der Waals surface area (Å²) in [5.41, 5.74) is 2.43. The Kier molecular flexibility index (Phi) is 5.09. The van der Waals surface area contributed by atoms with Gasteiger partial charge in [0.2, 0.25) is 0 Å². The van der Waals surface area contributed by atoms with Gasteiger partial charge < -0.3 is 5.11 Å². The standard InChI is InChI=1S/C16H23N3O2/c1-12(2)18(7-5-9-20)11-14-10-15(21)19-8-4-6-13(3)16(19)17-14/h4,6,8,10,12,20H,5,7,9,11H2,1-3H3. The second-order valence-electron chi connectivity index (χ2n) is 5.61. The third-order valence-corrected chi connectivity index (χ3v) is 3.64. The maximum Gasteiger partial charge on any atom is 0.258 e. The molecule has 1 N–H and O–H groups in total. The van der Waals surface area contributed by atoms with Crippen molar-refractivity contribution in [1.29, 1.82) is 0 Å². The summed E-state index contributed by atoms with van der Waals surface area (Å²) >= 11 is 0. The smallest absolute Gasteiger partial charge is 0.258 e. The van der Waals surface area contributed by atoms with Crippen LogP contribution in [-0.4, -0.2) is 38.6 Å². The van der Waals surface area contributed by atoms with Crippen LogP contribution < -0.4 is 5.56 Å². The largest absolute Gasteiger partial charge is 0.396 e. The lowest BCUT2D eigenvalue weighted by Crippen LogP contribution is -2.32. The molecule has 0 saturated heterocycles. The van der Waals surface area contributed by atoms with Gasteiger partial charge in [-0.3, -0.25) is 14.1 Å². The zero-order chi connectivity index (χ0) is 15.4. The first-order valence-corrected chi connectivity index (χ1v) is 7.35. The van der Waals surface area contributed by atoms with Crippen LogP contribution in [0.25, 0.3) is 5.65 Å². The third-order valence-electron chi connectivity index (χ3n) is 3.64. The van der Waals surface area contributed by atoms with E-state index in [1.54, 1.807) is 16.7 Å². The number of aliphatic hydroxyl groups is 1. The van der Waals surface area contributed by atoms with Crippen LogP contribution in [0.4, 0.5) is 0 Å². The Bertz CT molecular complexity index is 664. The summed E-state index contributed by atoms with van der Waals surface area (Å²) in [4.78, 5) is 19.0. The first kappa shape index (κ1) is 15.7. The second-order valence-corrected chi connectivity index (χ2v) is 5.61. The van der Waals surface area contributed by atoms with Crippen molar-refractivity contribution in [2.24, 2.45) is 0 Å². The minimum atomic E-state index is -0.0513. The molecule has 0 aliphatic carbocycles. The Hall–Kier alpha value is -1.72. The van der Waals surface area contributed by atoms with Gasteiger partial charge in [0.25, 0.3) is 5.56 Å². The highest BCUT2D eigenvalue weighted by atomic mass is 16.3. The Morgan fingerprint density at radius 1 is 1.43 bits per heavy atom. The first-order chi connectivity index (χ1) is 10.0. The third kappa shape index (κ3) is 3.68. The number of aromatic nitrogens is 2. The molecule has 2 rings (SSSR count). The van der Waals surface area contributed by atoms with Crippen LogP contribution in [0.15, 0.2) is 29.2 Å². The van der Waals surface area contributed by atoms with E-state index < -0.39 is 0 Å². The van der Waals surface area contributed by atoms with Gasteiger partial charge in [-0.15, -0.1) is 0 Å². The molecule has 0 saturated carbocycles. The average Bonchev–Trinajstić information content (AvgIpc) is 2.44. The van der Waals surface area contributed by atoms with Gasteiger partial charge in [-0.25, -0.2) is 4.98 Å². The van der Waals surface area contributed by atoms with Gasteiger partial charge >= 0.3 is 0 Å². The molecule has 0 aliphatic rings. The van der Waals surface area contributed by atoms with Crippen molar-refractivity contribution in [2.75, 3.05) is 13.2 Å². The highest BCUT2D eigenvalue weighted by Crippen LogP contribution is 2.09. The van der Waals surface area contributed by atoms with Crippen LogP contribution in [0, 0.1) is 6.92 Å². The van der Waals surface area contributed by atoms with Crippen molar-refractivity contribution in [1.82, 2.24) is 14.3 Å². The molecular formula is C16H23N3O2. The van der Waals surface area contributed by atoms with E-state index in [4.69, 9.17) is 5.11 Å². The van der Waals surface area contributed by atoms with E-state index in [0.29, 0.717) is 18.2 Å².